The number of hydrogen-bond donors (Lipinski definition) is 1. The standard InChI is InChI=1S/C26H32FN3O3S/c1-14(2)10-20-24(31)28-21(18-12-16-8-6-7-9-17(16)13-18)25(32)30(20)22(26(33)29(4)5)23-19(27)11-15(3)34-23/h6-9,11,14,18,20-22H,10,12-13H2,1-5H3,(H,28,31)/t20-,21-,22-/m1/s1. The summed E-state index contributed by atoms with van der Waals surface area (Å²) >= 11 is 1.16. The maximum Gasteiger partial charge on any atom is 0.250 e. The molecule has 1 aliphatic heterocycles. The van der Waals surface area contributed by atoms with Crippen LogP contribution in [0.15, 0.2) is 30.3 Å². The number of amides is 3. The van der Waals surface area contributed by atoms with Gasteiger partial charge in [0.15, 0.2) is 0 Å². The summed E-state index contributed by atoms with van der Waals surface area (Å²) in [5, 5.41) is 2.98. The van der Waals surface area contributed by atoms with Crippen molar-refractivity contribution in [2.45, 2.75) is 58.2 Å². The van der Waals surface area contributed by atoms with Crippen LogP contribution in [0, 0.1) is 24.6 Å². The first-order valence-corrected chi connectivity index (χ1v) is 12.6. The molecule has 0 saturated carbocycles. The minimum absolute atomic E-state index is 0.100. The summed E-state index contributed by atoms with van der Waals surface area (Å²) < 4.78 is 15.0. The second kappa shape index (κ2) is 9.49. The summed E-state index contributed by atoms with van der Waals surface area (Å²) in [6, 6.07) is 6.64. The Morgan fingerprint density at radius 1 is 1.21 bits per heavy atom. The molecule has 0 bridgehead atoms. The van der Waals surface area contributed by atoms with Crippen molar-refractivity contribution in [3.63, 3.8) is 0 Å². The minimum atomic E-state index is -1.18. The van der Waals surface area contributed by atoms with E-state index in [0.717, 1.165) is 11.3 Å². The molecule has 1 fully saturated rings. The first-order valence-electron chi connectivity index (χ1n) is 11.7. The maximum atomic E-state index is 15.0. The number of benzene rings is 1. The molecule has 1 aliphatic carbocycles. The van der Waals surface area contributed by atoms with Gasteiger partial charge >= 0.3 is 0 Å². The molecule has 2 aromatic rings. The number of fused-ring (bicyclic) bond motifs is 1. The van der Waals surface area contributed by atoms with Gasteiger partial charge in [-0.3, -0.25) is 14.4 Å². The number of likely N-dealkylation sites (N-methyl/N-ethyl adjacent to an activating group) is 1. The van der Waals surface area contributed by atoms with E-state index in [9.17, 15) is 14.4 Å². The number of piperazine rings is 1. The van der Waals surface area contributed by atoms with Crippen LogP contribution in [-0.2, 0) is 27.2 Å². The molecule has 2 heterocycles. The summed E-state index contributed by atoms with van der Waals surface area (Å²) in [6.45, 7) is 5.70. The second-order valence-electron chi connectivity index (χ2n) is 10.0. The molecule has 0 radical (unpaired) electrons. The number of thiophene rings is 1. The molecule has 1 aromatic heterocycles. The van der Waals surface area contributed by atoms with Gasteiger partial charge in [-0.1, -0.05) is 38.1 Å². The smallest absolute Gasteiger partial charge is 0.250 e. The summed E-state index contributed by atoms with van der Waals surface area (Å²) in [7, 11) is 3.18. The van der Waals surface area contributed by atoms with E-state index in [1.807, 2.05) is 38.1 Å². The highest BCUT2D eigenvalue weighted by atomic mass is 32.1. The molecule has 4 rings (SSSR count). The lowest BCUT2D eigenvalue weighted by Crippen LogP contribution is -2.67. The Balaban J connectivity index is 1.77. The Labute approximate surface area is 204 Å². The fraction of sp³-hybridized carbons (Fsp3) is 0.500. The van der Waals surface area contributed by atoms with Gasteiger partial charge in [-0.25, -0.2) is 4.39 Å². The van der Waals surface area contributed by atoms with Crippen LogP contribution in [0.4, 0.5) is 4.39 Å². The van der Waals surface area contributed by atoms with Gasteiger partial charge in [-0.15, -0.1) is 11.3 Å². The molecule has 1 N–H and O–H groups in total. The predicted octanol–water partition coefficient (Wildman–Crippen LogP) is 3.48. The van der Waals surface area contributed by atoms with Gasteiger partial charge in [0.05, 0.1) is 4.88 Å². The van der Waals surface area contributed by atoms with E-state index in [2.05, 4.69) is 5.32 Å². The first-order chi connectivity index (χ1) is 16.1. The fourth-order valence-electron chi connectivity index (χ4n) is 5.16. The zero-order chi connectivity index (χ0) is 24.7. The van der Waals surface area contributed by atoms with Gasteiger partial charge in [0.1, 0.15) is 23.9 Å². The Morgan fingerprint density at radius 3 is 2.32 bits per heavy atom. The summed E-state index contributed by atoms with van der Waals surface area (Å²) in [5.41, 5.74) is 2.34. The van der Waals surface area contributed by atoms with Crippen molar-refractivity contribution < 1.29 is 18.8 Å². The molecular formula is C26H32FN3O3S. The number of halogens is 1. The van der Waals surface area contributed by atoms with Gasteiger partial charge in [-0.2, -0.15) is 0 Å². The molecule has 8 heteroatoms. The lowest BCUT2D eigenvalue weighted by Gasteiger charge is -2.45. The second-order valence-corrected chi connectivity index (χ2v) is 11.3. The van der Waals surface area contributed by atoms with Crippen molar-refractivity contribution in [3.05, 3.63) is 57.0 Å². The monoisotopic (exact) mass is 485 g/mol. The lowest BCUT2D eigenvalue weighted by atomic mass is 9.88. The van der Waals surface area contributed by atoms with Crippen molar-refractivity contribution in [3.8, 4) is 0 Å². The largest absolute Gasteiger partial charge is 0.347 e. The van der Waals surface area contributed by atoms with Crippen molar-refractivity contribution in [2.75, 3.05) is 14.1 Å². The van der Waals surface area contributed by atoms with Gasteiger partial charge in [0.25, 0.3) is 0 Å². The van der Waals surface area contributed by atoms with Crippen molar-refractivity contribution in [1.29, 1.82) is 0 Å². The van der Waals surface area contributed by atoms with Gasteiger partial charge in [-0.05, 0) is 55.2 Å². The van der Waals surface area contributed by atoms with Crippen LogP contribution >= 0.6 is 11.3 Å². The number of aryl methyl sites for hydroxylation is 1. The molecule has 1 aromatic carbocycles. The van der Waals surface area contributed by atoms with Crippen LogP contribution < -0.4 is 5.32 Å². The minimum Gasteiger partial charge on any atom is -0.347 e. The van der Waals surface area contributed by atoms with E-state index in [1.54, 1.807) is 21.0 Å². The normalized spacial score (nSPS) is 21.6. The van der Waals surface area contributed by atoms with Gasteiger partial charge in [0, 0.05) is 19.0 Å². The lowest BCUT2D eigenvalue weighted by molar-refractivity contribution is -0.159. The Bertz CT molecular complexity index is 1090. The molecule has 0 unspecified atom stereocenters. The zero-order valence-corrected chi connectivity index (χ0v) is 21.1. The average molecular weight is 486 g/mol. The highest BCUT2D eigenvalue weighted by Crippen LogP contribution is 2.38. The van der Waals surface area contributed by atoms with E-state index < -0.39 is 29.8 Å². The molecule has 3 amide bonds. The Morgan fingerprint density at radius 2 is 1.82 bits per heavy atom. The zero-order valence-electron chi connectivity index (χ0n) is 20.3. The number of carbonyl (C=O) groups is 3. The Hall–Kier alpha value is -2.74. The van der Waals surface area contributed by atoms with E-state index in [4.69, 9.17) is 0 Å². The SMILES string of the molecule is Cc1cc(F)c([C@H](C(=O)N(C)C)N2C(=O)[C@@H](C3Cc4ccccc4C3)NC(=O)[C@H]2CC(C)C)s1. The number of rotatable bonds is 6. The fourth-order valence-corrected chi connectivity index (χ4v) is 6.16. The summed E-state index contributed by atoms with van der Waals surface area (Å²) in [6.07, 6.45) is 1.74. The molecule has 0 spiro atoms. The third-order valence-electron chi connectivity index (χ3n) is 6.74. The summed E-state index contributed by atoms with van der Waals surface area (Å²) in [5.74, 6) is -1.53. The van der Waals surface area contributed by atoms with Crippen molar-refractivity contribution in [1.82, 2.24) is 15.1 Å². The molecular weight excluding hydrogens is 453 g/mol. The highest BCUT2D eigenvalue weighted by molar-refractivity contribution is 7.12. The van der Waals surface area contributed by atoms with E-state index in [-0.39, 0.29) is 28.5 Å². The van der Waals surface area contributed by atoms with Crippen molar-refractivity contribution >= 4 is 29.1 Å². The van der Waals surface area contributed by atoms with Crippen LogP contribution in [0.5, 0.6) is 0 Å². The van der Waals surface area contributed by atoms with Crippen LogP contribution in [0.3, 0.4) is 0 Å². The van der Waals surface area contributed by atoms with Gasteiger partial charge < -0.3 is 15.1 Å². The third kappa shape index (κ3) is 4.48. The average Bonchev–Trinajstić information content (AvgIpc) is 3.34. The van der Waals surface area contributed by atoms with E-state index in [1.165, 1.54) is 27.0 Å². The number of nitrogens with zero attached hydrogens (tertiary/aromatic N) is 2. The number of carbonyl (C=O) groups excluding carboxylic acids is 3. The number of hydrogen-bond acceptors (Lipinski definition) is 4. The first kappa shape index (κ1) is 24.4. The van der Waals surface area contributed by atoms with Crippen molar-refractivity contribution in [2.24, 2.45) is 11.8 Å². The highest BCUT2D eigenvalue weighted by Gasteiger charge is 2.50. The molecule has 34 heavy (non-hydrogen) atoms. The van der Waals surface area contributed by atoms with E-state index in [0.29, 0.717) is 24.1 Å². The maximum absolute atomic E-state index is 15.0. The Kier molecular flexibility index (Phi) is 6.80. The van der Waals surface area contributed by atoms with Crippen LogP contribution in [-0.4, -0.2) is 53.7 Å². The van der Waals surface area contributed by atoms with Crippen LogP contribution in [0.25, 0.3) is 0 Å². The molecule has 6 nitrogen and oxygen atoms in total. The van der Waals surface area contributed by atoms with Crippen LogP contribution in [0.1, 0.15) is 47.2 Å². The predicted molar refractivity (Wildman–Crippen MR) is 130 cm³/mol. The van der Waals surface area contributed by atoms with Crippen LogP contribution in [0.2, 0.25) is 0 Å². The van der Waals surface area contributed by atoms with E-state index >= 15 is 4.39 Å². The number of nitrogens with one attached hydrogen (secondary N) is 1. The van der Waals surface area contributed by atoms with Gasteiger partial charge in [0.2, 0.25) is 17.7 Å². The molecule has 2 aliphatic rings. The molecule has 3 atom stereocenters. The molecule has 182 valence electrons. The molecule has 1 saturated heterocycles. The summed E-state index contributed by atoms with van der Waals surface area (Å²) in [4.78, 5) is 44.6. The third-order valence-corrected chi connectivity index (χ3v) is 7.82. The quantitative estimate of drug-likeness (QED) is 0.681. The topological polar surface area (TPSA) is 69.7 Å².